The molecule has 0 atom stereocenters. The van der Waals surface area contributed by atoms with Gasteiger partial charge in [0.15, 0.2) is 5.96 Å². The summed E-state index contributed by atoms with van der Waals surface area (Å²) in [6, 6.07) is 18.8. The maximum atomic E-state index is 4.35. The molecule has 0 radical (unpaired) electrons. The van der Waals surface area contributed by atoms with Gasteiger partial charge in [-0.1, -0.05) is 36.4 Å². The molecule has 146 valence electrons. The molecule has 0 fully saturated rings. The lowest BCUT2D eigenvalue weighted by Crippen LogP contribution is -2.36. The lowest BCUT2D eigenvalue weighted by atomic mass is 10.1. The normalized spacial score (nSPS) is 11.3. The molecule has 0 spiro atoms. The minimum atomic E-state index is 0.703. The van der Waals surface area contributed by atoms with Crippen molar-refractivity contribution in [3.8, 4) is 0 Å². The number of anilines is 1. The van der Waals surface area contributed by atoms with E-state index >= 15 is 0 Å². The summed E-state index contributed by atoms with van der Waals surface area (Å²) in [5.74, 6) is 0.782. The summed E-state index contributed by atoms with van der Waals surface area (Å²) >= 11 is 0. The monoisotopic (exact) mass is 376 g/mol. The zero-order valence-electron chi connectivity index (χ0n) is 16.8. The van der Waals surface area contributed by atoms with Gasteiger partial charge >= 0.3 is 0 Å². The van der Waals surface area contributed by atoms with Crippen LogP contribution in [0.25, 0.3) is 0 Å². The van der Waals surface area contributed by atoms with Gasteiger partial charge in [0.25, 0.3) is 0 Å². The Morgan fingerprint density at radius 3 is 2.50 bits per heavy atom. The Morgan fingerprint density at radius 2 is 1.79 bits per heavy atom. The summed E-state index contributed by atoms with van der Waals surface area (Å²) in [7, 11) is 5.89. The van der Waals surface area contributed by atoms with Crippen LogP contribution in [-0.4, -0.2) is 36.9 Å². The molecule has 0 aliphatic heterocycles. The van der Waals surface area contributed by atoms with Crippen LogP contribution in [0.4, 0.5) is 5.69 Å². The number of nitrogens with zero attached hydrogens (tertiary/aromatic N) is 4. The Kier molecular flexibility index (Phi) is 6.68. The lowest BCUT2D eigenvalue weighted by molar-refractivity contribution is 0.677. The third kappa shape index (κ3) is 5.36. The summed E-state index contributed by atoms with van der Waals surface area (Å²) in [5.41, 5.74) is 4.88. The van der Waals surface area contributed by atoms with Crippen LogP contribution in [0.15, 0.2) is 72.0 Å². The van der Waals surface area contributed by atoms with Crippen molar-refractivity contribution in [2.75, 3.05) is 26.0 Å². The first-order valence-corrected chi connectivity index (χ1v) is 9.40. The average molecular weight is 377 g/mol. The van der Waals surface area contributed by atoms with Crippen molar-refractivity contribution >= 4 is 11.6 Å². The van der Waals surface area contributed by atoms with Crippen molar-refractivity contribution in [1.82, 2.24) is 20.4 Å². The van der Waals surface area contributed by atoms with E-state index in [2.05, 4.69) is 74.2 Å². The standard InChI is InChI=1S/C22H28N6/c1-23-22(24-15-18-8-6-11-21(14-18)27(2)3)25-16-19-9-4-5-10-20(19)17-28-13-7-12-26-28/h4-14H,15-17H2,1-3H3,(H2,23,24,25). The Balaban J connectivity index is 1.58. The van der Waals surface area contributed by atoms with E-state index in [0.717, 1.165) is 19.0 Å². The van der Waals surface area contributed by atoms with Gasteiger partial charge in [-0.3, -0.25) is 9.67 Å². The number of rotatable bonds is 7. The Morgan fingerprint density at radius 1 is 1.00 bits per heavy atom. The van der Waals surface area contributed by atoms with E-state index in [1.165, 1.54) is 22.4 Å². The van der Waals surface area contributed by atoms with E-state index in [4.69, 9.17) is 0 Å². The van der Waals surface area contributed by atoms with Gasteiger partial charge in [0.2, 0.25) is 0 Å². The van der Waals surface area contributed by atoms with Crippen LogP contribution < -0.4 is 15.5 Å². The maximum absolute atomic E-state index is 4.35. The second-order valence-corrected chi connectivity index (χ2v) is 6.82. The Hall–Kier alpha value is -3.28. The molecule has 0 saturated heterocycles. The second kappa shape index (κ2) is 9.60. The van der Waals surface area contributed by atoms with Crippen LogP contribution in [0, 0.1) is 0 Å². The van der Waals surface area contributed by atoms with Crippen molar-refractivity contribution in [3.63, 3.8) is 0 Å². The van der Waals surface area contributed by atoms with Gasteiger partial charge in [-0.2, -0.15) is 5.10 Å². The zero-order chi connectivity index (χ0) is 19.8. The first-order chi connectivity index (χ1) is 13.7. The van der Waals surface area contributed by atoms with Gasteiger partial charge in [0.05, 0.1) is 6.54 Å². The number of nitrogens with one attached hydrogen (secondary N) is 2. The first kappa shape index (κ1) is 19.5. The molecule has 3 rings (SSSR count). The van der Waals surface area contributed by atoms with Crippen LogP contribution in [0.2, 0.25) is 0 Å². The molecule has 0 amide bonds. The molecule has 0 unspecified atom stereocenters. The van der Waals surface area contributed by atoms with Crippen molar-refractivity contribution in [2.45, 2.75) is 19.6 Å². The lowest BCUT2D eigenvalue weighted by Gasteiger charge is -2.16. The molecule has 1 heterocycles. The van der Waals surface area contributed by atoms with Crippen LogP contribution in [0.3, 0.4) is 0 Å². The Labute approximate surface area is 166 Å². The van der Waals surface area contributed by atoms with E-state index in [9.17, 15) is 0 Å². The smallest absolute Gasteiger partial charge is 0.191 e. The zero-order valence-corrected chi connectivity index (χ0v) is 16.8. The largest absolute Gasteiger partial charge is 0.378 e. The van der Waals surface area contributed by atoms with Crippen LogP contribution in [-0.2, 0) is 19.6 Å². The molecule has 2 N–H and O–H groups in total. The van der Waals surface area contributed by atoms with Gasteiger partial charge in [-0.25, -0.2) is 0 Å². The van der Waals surface area contributed by atoms with Gasteiger partial charge in [0, 0.05) is 52.3 Å². The molecule has 0 aliphatic rings. The number of aromatic nitrogens is 2. The van der Waals surface area contributed by atoms with Crippen molar-refractivity contribution in [1.29, 1.82) is 0 Å². The predicted molar refractivity (Wildman–Crippen MR) is 116 cm³/mol. The Bertz CT molecular complexity index is 899. The van der Waals surface area contributed by atoms with Gasteiger partial charge < -0.3 is 15.5 Å². The fraction of sp³-hybridized carbons (Fsp3) is 0.273. The molecule has 6 heteroatoms. The van der Waals surface area contributed by atoms with Crippen LogP contribution in [0.1, 0.15) is 16.7 Å². The molecule has 6 nitrogen and oxygen atoms in total. The number of aliphatic imine (C=N–C) groups is 1. The highest BCUT2D eigenvalue weighted by molar-refractivity contribution is 5.79. The van der Waals surface area contributed by atoms with Crippen molar-refractivity contribution in [3.05, 3.63) is 83.7 Å². The molecule has 3 aromatic rings. The third-order valence-electron chi connectivity index (χ3n) is 4.57. The quantitative estimate of drug-likeness (QED) is 0.492. The summed E-state index contributed by atoms with van der Waals surface area (Å²) in [6.07, 6.45) is 3.78. The third-order valence-corrected chi connectivity index (χ3v) is 4.57. The highest BCUT2D eigenvalue weighted by Gasteiger charge is 2.05. The predicted octanol–water partition coefficient (Wildman–Crippen LogP) is 2.86. The molecule has 0 bridgehead atoms. The summed E-state index contributed by atoms with van der Waals surface area (Å²) in [6.45, 7) is 2.18. The van der Waals surface area contributed by atoms with E-state index < -0.39 is 0 Å². The van der Waals surface area contributed by atoms with Crippen molar-refractivity contribution < 1.29 is 0 Å². The highest BCUT2D eigenvalue weighted by Crippen LogP contribution is 2.13. The molecular formula is C22H28N6. The minimum absolute atomic E-state index is 0.703. The van der Waals surface area contributed by atoms with Gasteiger partial charge in [-0.05, 0) is 34.9 Å². The minimum Gasteiger partial charge on any atom is -0.378 e. The number of guanidine groups is 1. The summed E-state index contributed by atoms with van der Waals surface area (Å²) < 4.78 is 1.93. The highest BCUT2D eigenvalue weighted by atomic mass is 15.3. The average Bonchev–Trinajstić information content (AvgIpc) is 3.22. The topological polar surface area (TPSA) is 57.5 Å². The van der Waals surface area contributed by atoms with Crippen LogP contribution >= 0.6 is 0 Å². The van der Waals surface area contributed by atoms with Crippen LogP contribution in [0.5, 0.6) is 0 Å². The molecule has 2 aromatic carbocycles. The summed E-state index contributed by atoms with van der Waals surface area (Å²) in [4.78, 5) is 6.45. The maximum Gasteiger partial charge on any atom is 0.191 e. The number of hydrogen-bond acceptors (Lipinski definition) is 3. The summed E-state index contributed by atoms with van der Waals surface area (Å²) in [5, 5.41) is 11.1. The van der Waals surface area contributed by atoms with Crippen molar-refractivity contribution in [2.24, 2.45) is 4.99 Å². The number of benzene rings is 2. The fourth-order valence-electron chi connectivity index (χ4n) is 2.98. The number of hydrogen-bond donors (Lipinski definition) is 2. The van der Waals surface area contributed by atoms with E-state index in [0.29, 0.717) is 6.54 Å². The molecular weight excluding hydrogens is 348 g/mol. The van der Waals surface area contributed by atoms with Gasteiger partial charge in [-0.15, -0.1) is 0 Å². The SMILES string of the molecule is CN=C(NCc1cccc(N(C)C)c1)NCc1ccccc1Cn1cccn1. The molecule has 0 saturated carbocycles. The van der Waals surface area contributed by atoms with E-state index in [-0.39, 0.29) is 0 Å². The first-order valence-electron chi connectivity index (χ1n) is 9.40. The molecule has 1 aromatic heterocycles. The van der Waals surface area contributed by atoms with Gasteiger partial charge in [0.1, 0.15) is 0 Å². The van der Waals surface area contributed by atoms with E-state index in [1.54, 1.807) is 13.2 Å². The second-order valence-electron chi connectivity index (χ2n) is 6.82. The molecule has 28 heavy (non-hydrogen) atoms. The molecule has 0 aliphatic carbocycles. The fourth-order valence-corrected chi connectivity index (χ4v) is 2.98. The van der Waals surface area contributed by atoms with E-state index in [1.807, 2.05) is 31.0 Å².